The summed E-state index contributed by atoms with van der Waals surface area (Å²) in [4.78, 5) is 11.2. The summed E-state index contributed by atoms with van der Waals surface area (Å²) in [5.41, 5.74) is 1.91. The molecule has 1 aromatic rings. The van der Waals surface area contributed by atoms with E-state index in [9.17, 15) is 4.79 Å². The summed E-state index contributed by atoms with van der Waals surface area (Å²) in [5.74, 6) is 0.111. The second-order valence-electron chi connectivity index (χ2n) is 2.55. The molecule has 1 nitrogen and oxygen atoms in total. The molecule has 0 bridgehead atoms. The zero-order valence-corrected chi connectivity index (χ0v) is 6.00. The van der Waals surface area contributed by atoms with Crippen molar-refractivity contribution in [3.63, 3.8) is 0 Å². The Bertz CT molecular complexity index is 323. The largest absolute Gasteiger partial charge is 0.289 e. The van der Waals surface area contributed by atoms with E-state index in [4.69, 9.17) is 0 Å². The molecular formula is C10H7O. The molecule has 0 aliphatic heterocycles. The summed E-state index contributed by atoms with van der Waals surface area (Å²) >= 11 is 0. The summed E-state index contributed by atoms with van der Waals surface area (Å²) < 4.78 is 0. The lowest BCUT2D eigenvalue weighted by molar-refractivity contribution is 0.104. The molecule has 0 fully saturated rings. The molecule has 0 spiro atoms. The third kappa shape index (κ3) is 0.984. The predicted molar refractivity (Wildman–Crippen MR) is 42.5 cm³/mol. The smallest absolute Gasteiger partial charge is 0.185 e. The van der Waals surface area contributed by atoms with E-state index >= 15 is 0 Å². The van der Waals surface area contributed by atoms with Gasteiger partial charge in [-0.3, -0.25) is 4.79 Å². The van der Waals surface area contributed by atoms with Crippen molar-refractivity contribution in [2.24, 2.45) is 0 Å². The van der Waals surface area contributed by atoms with Crippen molar-refractivity contribution >= 4 is 5.78 Å². The summed E-state index contributed by atoms with van der Waals surface area (Å²) in [6, 6.07) is 8.42. The monoisotopic (exact) mass is 143 g/mol. The predicted octanol–water partition coefficient (Wildman–Crippen LogP) is 1.78. The fourth-order valence-corrected chi connectivity index (χ4v) is 1.26. The molecule has 11 heavy (non-hydrogen) atoms. The maximum Gasteiger partial charge on any atom is 0.185 e. The molecule has 0 saturated carbocycles. The average Bonchev–Trinajstić information content (AvgIpc) is 2.06. The number of allylic oxidation sites excluding steroid dienone is 2. The summed E-state index contributed by atoms with van der Waals surface area (Å²) in [7, 11) is 0. The normalized spacial score (nSPS) is 14.7. The minimum atomic E-state index is 0.111. The number of benzene rings is 1. The van der Waals surface area contributed by atoms with Crippen LogP contribution in [0.5, 0.6) is 0 Å². The van der Waals surface area contributed by atoms with Gasteiger partial charge in [0, 0.05) is 5.56 Å². The zero-order valence-electron chi connectivity index (χ0n) is 6.00. The summed E-state index contributed by atoms with van der Waals surface area (Å²) in [6.07, 6.45) is 4.37. The van der Waals surface area contributed by atoms with E-state index < -0.39 is 0 Å². The van der Waals surface area contributed by atoms with Gasteiger partial charge in [0.1, 0.15) is 0 Å². The number of carbonyl (C=O) groups is 1. The molecule has 2 rings (SSSR count). The summed E-state index contributed by atoms with van der Waals surface area (Å²) in [5, 5.41) is 0. The van der Waals surface area contributed by atoms with Crippen LogP contribution in [0.25, 0.3) is 0 Å². The van der Waals surface area contributed by atoms with E-state index in [0.717, 1.165) is 17.5 Å². The number of carbonyl (C=O) groups excluding carboxylic acids is 1. The van der Waals surface area contributed by atoms with E-state index in [0.29, 0.717) is 0 Å². The Morgan fingerprint density at radius 1 is 1.45 bits per heavy atom. The highest BCUT2D eigenvalue weighted by molar-refractivity contribution is 6.06. The Labute approximate surface area is 65.4 Å². The zero-order chi connectivity index (χ0) is 7.68. The van der Waals surface area contributed by atoms with Crippen LogP contribution in [-0.2, 0) is 6.42 Å². The van der Waals surface area contributed by atoms with Crippen molar-refractivity contribution in [1.29, 1.82) is 0 Å². The lowest BCUT2D eigenvalue weighted by Gasteiger charge is -2.07. The van der Waals surface area contributed by atoms with Gasteiger partial charge in [-0.25, -0.2) is 0 Å². The van der Waals surface area contributed by atoms with E-state index in [-0.39, 0.29) is 5.78 Å². The number of hydrogen-bond acceptors (Lipinski definition) is 1. The van der Waals surface area contributed by atoms with Gasteiger partial charge in [0.15, 0.2) is 5.78 Å². The second-order valence-corrected chi connectivity index (χ2v) is 2.55. The first-order valence-corrected chi connectivity index (χ1v) is 3.58. The van der Waals surface area contributed by atoms with Gasteiger partial charge in [-0.2, -0.15) is 0 Å². The van der Waals surface area contributed by atoms with Crippen LogP contribution in [0.2, 0.25) is 0 Å². The van der Waals surface area contributed by atoms with Crippen LogP contribution < -0.4 is 0 Å². The number of hydrogen-bond donors (Lipinski definition) is 0. The molecule has 1 aliphatic carbocycles. The molecule has 0 saturated heterocycles. The van der Waals surface area contributed by atoms with Crippen molar-refractivity contribution in [2.45, 2.75) is 6.42 Å². The SMILES string of the molecule is O=C1C=CCc2c[c]ccc21. The van der Waals surface area contributed by atoms with Crippen LogP contribution in [0.3, 0.4) is 0 Å². The van der Waals surface area contributed by atoms with E-state index in [1.807, 2.05) is 18.2 Å². The maximum atomic E-state index is 11.2. The number of ketones is 1. The molecule has 0 amide bonds. The summed E-state index contributed by atoms with van der Waals surface area (Å²) in [6.45, 7) is 0. The fourth-order valence-electron chi connectivity index (χ4n) is 1.26. The lowest BCUT2D eigenvalue weighted by atomic mass is 9.96. The van der Waals surface area contributed by atoms with Gasteiger partial charge in [-0.15, -0.1) is 0 Å². The molecule has 1 heteroatoms. The number of rotatable bonds is 0. The first kappa shape index (κ1) is 6.35. The van der Waals surface area contributed by atoms with Gasteiger partial charge in [-0.05, 0) is 24.1 Å². The minimum Gasteiger partial charge on any atom is -0.289 e. The van der Waals surface area contributed by atoms with Gasteiger partial charge >= 0.3 is 0 Å². The molecule has 1 radical (unpaired) electrons. The van der Waals surface area contributed by atoms with Crippen LogP contribution in [0.1, 0.15) is 15.9 Å². The van der Waals surface area contributed by atoms with Crippen LogP contribution in [0, 0.1) is 6.07 Å². The average molecular weight is 143 g/mol. The van der Waals surface area contributed by atoms with E-state index in [1.165, 1.54) is 0 Å². The van der Waals surface area contributed by atoms with Gasteiger partial charge in [0.25, 0.3) is 0 Å². The van der Waals surface area contributed by atoms with Crippen molar-refractivity contribution in [1.82, 2.24) is 0 Å². The molecule has 1 aliphatic rings. The third-order valence-electron chi connectivity index (χ3n) is 1.82. The standard InChI is InChI=1S/C10H7O/c11-10-7-3-5-8-4-1-2-6-9(8)10/h2-4,6-7H,5H2. The van der Waals surface area contributed by atoms with Gasteiger partial charge in [0.2, 0.25) is 0 Å². The Morgan fingerprint density at radius 3 is 3.18 bits per heavy atom. The molecule has 1 aromatic carbocycles. The van der Waals surface area contributed by atoms with Gasteiger partial charge in [0.05, 0.1) is 0 Å². The van der Waals surface area contributed by atoms with Crippen LogP contribution in [0.4, 0.5) is 0 Å². The first-order valence-electron chi connectivity index (χ1n) is 3.58. The van der Waals surface area contributed by atoms with Crippen LogP contribution in [0.15, 0.2) is 30.4 Å². The van der Waals surface area contributed by atoms with Crippen molar-refractivity contribution in [3.05, 3.63) is 47.5 Å². The Kier molecular flexibility index (Phi) is 1.35. The second kappa shape index (κ2) is 2.35. The van der Waals surface area contributed by atoms with E-state index in [1.54, 1.807) is 12.1 Å². The highest BCUT2D eigenvalue weighted by Gasteiger charge is 2.10. The van der Waals surface area contributed by atoms with Crippen molar-refractivity contribution < 1.29 is 4.79 Å². The van der Waals surface area contributed by atoms with Crippen LogP contribution in [-0.4, -0.2) is 5.78 Å². The Morgan fingerprint density at radius 2 is 2.36 bits per heavy atom. The molecule has 0 aromatic heterocycles. The molecular weight excluding hydrogens is 136 g/mol. The van der Waals surface area contributed by atoms with Crippen molar-refractivity contribution in [3.8, 4) is 0 Å². The lowest BCUT2D eigenvalue weighted by Crippen LogP contribution is -2.04. The molecule has 0 atom stereocenters. The van der Waals surface area contributed by atoms with E-state index in [2.05, 4.69) is 6.07 Å². The third-order valence-corrected chi connectivity index (χ3v) is 1.82. The van der Waals surface area contributed by atoms with Gasteiger partial charge in [-0.1, -0.05) is 24.3 Å². The molecule has 53 valence electrons. The fraction of sp³-hybridized carbons (Fsp3) is 0.100. The molecule has 0 heterocycles. The van der Waals surface area contributed by atoms with Gasteiger partial charge < -0.3 is 0 Å². The molecule has 0 N–H and O–H groups in total. The highest BCUT2D eigenvalue weighted by atomic mass is 16.1. The van der Waals surface area contributed by atoms with Crippen LogP contribution >= 0.6 is 0 Å². The highest BCUT2D eigenvalue weighted by Crippen LogP contribution is 2.14. The maximum absolute atomic E-state index is 11.2. The first-order chi connectivity index (χ1) is 5.38. The van der Waals surface area contributed by atoms with Crippen molar-refractivity contribution in [2.75, 3.05) is 0 Å². The molecule has 0 unspecified atom stereocenters. The Hall–Kier alpha value is -1.37. The quantitative estimate of drug-likeness (QED) is 0.541. The minimum absolute atomic E-state index is 0.111. The topological polar surface area (TPSA) is 17.1 Å². The Balaban J connectivity index is 2.59. The number of fused-ring (bicyclic) bond motifs is 1.